The Morgan fingerprint density at radius 1 is 1.23 bits per heavy atom. The van der Waals surface area contributed by atoms with E-state index in [1.165, 1.54) is 11.1 Å². The lowest BCUT2D eigenvalue weighted by Crippen LogP contribution is -2.27. The first-order chi connectivity index (χ1) is 10.5. The van der Waals surface area contributed by atoms with Crippen LogP contribution in [0.1, 0.15) is 25.8 Å². The van der Waals surface area contributed by atoms with Crippen molar-refractivity contribution >= 4 is 11.7 Å². The van der Waals surface area contributed by atoms with Gasteiger partial charge in [-0.05, 0) is 34.7 Å². The van der Waals surface area contributed by atoms with Crippen LogP contribution >= 0.6 is 0 Å². The van der Waals surface area contributed by atoms with Crippen LogP contribution in [-0.2, 0) is 4.79 Å². The SMILES string of the molecule is C#Cc1cccnc1N1CC(C)(C)CC1=O.c1cc2cc-2c1. The summed E-state index contributed by atoms with van der Waals surface area (Å²) >= 11 is 0. The second-order valence-electron chi connectivity index (χ2n) is 6.42. The largest absolute Gasteiger partial charge is 0.295 e. The van der Waals surface area contributed by atoms with Crippen molar-refractivity contribution in [2.45, 2.75) is 20.3 Å². The molecule has 1 saturated heterocycles. The van der Waals surface area contributed by atoms with Gasteiger partial charge in [-0.2, -0.15) is 0 Å². The number of carbonyl (C=O) groups is 1. The Kier molecular flexibility index (Phi) is 3.46. The summed E-state index contributed by atoms with van der Waals surface area (Å²) in [6.07, 6.45) is 7.61. The van der Waals surface area contributed by atoms with E-state index in [9.17, 15) is 4.79 Å². The molecule has 0 bridgehead atoms. The minimum atomic E-state index is 0.000470. The molecule has 0 radical (unpaired) electrons. The molecule has 2 aliphatic carbocycles. The van der Waals surface area contributed by atoms with E-state index in [1.807, 2.05) is 0 Å². The fourth-order valence-corrected chi connectivity index (χ4v) is 2.67. The first-order valence-corrected chi connectivity index (χ1v) is 7.33. The van der Waals surface area contributed by atoms with Gasteiger partial charge in [0.2, 0.25) is 5.91 Å². The number of hydrogen-bond donors (Lipinski definition) is 0. The number of benzene rings is 1. The molecule has 1 aliphatic heterocycles. The molecule has 4 rings (SSSR count). The Balaban J connectivity index is 0.000000196. The maximum absolute atomic E-state index is 11.9. The van der Waals surface area contributed by atoms with Gasteiger partial charge in [-0.1, -0.05) is 38.0 Å². The lowest BCUT2D eigenvalue weighted by atomic mass is 9.93. The highest BCUT2D eigenvalue weighted by Crippen LogP contribution is 2.34. The Morgan fingerprint density at radius 2 is 1.95 bits per heavy atom. The number of terminal acetylenes is 1. The lowest BCUT2D eigenvalue weighted by Gasteiger charge is -2.19. The van der Waals surface area contributed by atoms with Crippen LogP contribution < -0.4 is 4.90 Å². The van der Waals surface area contributed by atoms with E-state index in [0.717, 1.165) is 0 Å². The van der Waals surface area contributed by atoms with Crippen molar-refractivity contribution in [3.05, 3.63) is 48.2 Å². The zero-order valence-electron chi connectivity index (χ0n) is 12.8. The van der Waals surface area contributed by atoms with Gasteiger partial charge in [0.25, 0.3) is 0 Å². The van der Waals surface area contributed by atoms with Crippen LogP contribution in [0.5, 0.6) is 0 Å². The summed E-state index contributed by atoms with van der Waals surface area (Å²) in [5.41, 5.74) is 3.53. The molecule has 0 aromatic carbocycles. The van der Waals surface area contributed by atoms with Crippen molar-refractivity contribution in [1.82, 2.24) is 4.98 Å². The fraction of sp³-hybridized carbons (Fsp3) is 0.263. The van der Waals surface area contributed by atoms with E-state index in [1.54, 1.807) is 23.2 Å². The number of rotatable bonds is 1. The van der Waals surface area contributed by atoms with Gasteiger partial charge in [0.05, 0.1) is 5.56 Å². The van der Waals surface area contributed by atoms with Crippen molar-refractivity contribution in [2.24, 2.45) is 5.41 Å². The number of fused-ring (bicyclic) bond motifs is 1. The molecule has 3 nitrogen and oxygen atoms in total. The summed E-state index contributed by atoms with van der Waals surface area (Å²) < 4.78 is 0. The van der Waals surface area contributed by atoms with Crippen LogP contribution in [0.25, 0.3) is 11.1 Å². The monoisotopic (exact) mass is 290 g/mol. The standard InChI is InChI=1S/C13H14N2O.C6H4/c1-4-10-6-5-7-14-12(10)15-9-13(2,3)8-11(15)16;1-2-5-4-6(5)3-1/h1,5-7H,8-9H2,2-3H3;1-4H. The average Bonchev–Trinajstić information content (AvgIpc) is 2.98. The minimum Gasteiger partial charge on any atom is -0.295 e. The normalized spacial score (nSPS) is 16.6. The minimum absolute atomic E-state index is 0.000470. The quantitative estimate of drug-likeness (QED) is 0.643. The number of anilines is 1. The molecule has 3 aliphatic rings. The smallest absolute Gasteiger partial charge is 0.228 e. The second kappa shape index (κ2) is 5.31. The van der Waals surface area contributed by atoms with E-state index in [-0.39, 0.29) is 11.3 Å². The van der Waals surface area contributed by atoms with Gasteiger partial charge in [0.1, 0.15) is 0 Å². The summed E-state index contributed by atoms with van der Waals surface area (Å²) in [4.78, 5) is 17.8. The van der Waals surface area contributed by atoms with Gasteiger partial charge in [-0.25, -0.2) is 4.98 Å². The van der Waals surface area contributed by atoms with Crippen molar-refractivity contribution in [2.75, 3.05) is 11.4 Å². The van der Waals surface area contributed by atoms with Gasteiger partial charge in [-0.3, -0.25) is 9.69 Å². The van der Waals surface area contributed by atoms with E-state index in [0.29, 0.717) is 24.3 Å². The molecule has 22 heavy (non-hydrogen) atoms. The predicted octanol–water partition coefficient (Wildman–Crippen LogP) is 3.49. The van der Waals surface area contributed by atoms with Crippen molar-refractivity contribution in [1.29, 1.82) is 0 Å². The summed E-state index contributed by atoms with van der Waals surface area (Å²) in [6, 6.07) is 12.1. The fourth-order valence-electron chi connectivity index (χ4n) is 2.67. The maximum atomic E-state index is 11.9. The average molecular weight is 290 g/mol. The van der Waals surface area contributed by atoms with Gasteiger partial charge < -0.3 is 0 Å². The molecule has 1 fully saturated rings. The summed E-state index contributed by atoms with van der Waals surface area (Å²) in [6.45, 7) is 4.82. The molecular formula is C19H18N2O. The molecule has 0 unspecified atom stereocenters. The number of amides is 1. The van der Waals surface area contributed by atoms with E-state index in [2.05, 4.69) is 49.0 Å². The first kappa shape index (κ1) is 14.3. The number of aromatic nitrogens is 1. The number of carbonyl (C=O) groups excluding carboxylic acids is 1. The first-order valence-electron chi connectivity index (χ1n) is 7.33. The maximum Gasteiger partial charge on any atom is 0.228 e. The molecule has 1 amide bonds. The van der Waals surface area contributed by atoms with Gasteiger partial charge >= 0.3 is 0 Å². The molecule has 3 heteroatoms. The third-order valence-electron chi connectivity index (χ3n) is 3.83. The Labute approximate surface area is 131 Å². The molecule has 0 N–H and O–H groups in total. The number of nitrogens with zero attached hydrogens (tertiary/aromatic N) is 2. The zero-order valence-corrected chi connectivity index (χ0v) is 12.8. The molecule has 1 aromatic heterocycles. The number of pyridine rings is 1. The number of hydrogen-bond acceptors (Lipinski definition) is 2. The molecule has 0 atom stereocenters. The van der Waals surface area contributed by atoms with Gasteiger partial charge in [0.15, 0.2) is 5.82 Å². The van der Waals surface area contributed by atoms with Gasteiger partial charge in [-0.15, -0.1) is 6.42 Å². The van der Waals surface area contributed by atoms with E-state index in [4.69, 9.17) is 6.42 Å². The Hall–Kier alpha value is -2.60. The summed E-state index contributed by atoms with van der Waals surface area (Å²) in [7, 11) is 0. The van der Waals surface area contributed by atoms with E-state index < -0.39 is 0 Å². The molecule has 110 valence electrons. The van der Waals surface area contributed by atoms with Crippen molar-refractivity contribution < 1.29 is 4.79 Å². The van der Waals surface area contributed by atoms with Crippen LogP contribution in [0.4, 0.5) is 5.82 Å². The molecule has 2 heterocycles. The predicted molar refractivity (Wildman–Crippen MR) is 88.4 cm³/mol. The van der Waals surface area contributed by atoms with Crippen LogP contribution in [0.2, 0.25) is 0 Å². The summed E-state index contributed by atoms with van der Waals surface area (Å²) in [5, 5.41) is 0. The van der Waals surface area contributed by atoms with Crippen molar-refractivity contribution in [3.8, 4) is 23.5 Å². The van der Waals surface area contributed by atoms with Crippen molar-refractivity contribution in [3.63, 3.8) is 0 Å². The van der Waals surface area contributed by atoms with Crippen LogP contribution in [0.3, 0.4) is 0 Å². The lowest BCUT2D eigenvalue weighted by molar-refractivity contribution is -0.117. The topological polar surface area (TPSA) is 33.2 Å². The van der Waals surface area contributed by atoms with Crippen LogP contribution in [0.15, 0.2) is 42.6 Å². The third-order valence-corrected chi connectivity index (χ3v) is 3.83. The van der Waals surface area contributed by atoms with Crippen LogP contribution in [0, 0.1) is 17.8 Å². The molecule has 1 aromatic rings. The molecular weight excluding hydrogens is 272 g/mol. The third kappa shape index (κ3) is 2.87. The van der Waals surface area contributed by atoms with Gasteiger partial charge in [0, 0.05) is 19.2 Å². The highest BCUT2D eigenvalue weighted by atomic mass is 16.2. The zero-order chi connectivity index (χ0) is 15.7. The Morgan fingerprint density at radius 3 is 2.41 bits per heavy atom. The van der Waals surface area contributed by atoms with Crippen LogP contribution in [-0.4, -0.2) is 17.4 Å². The summed E-state index contributed by atoms with van der Waals surface area (Å²) in [5.74, 6) is 3.27. The molecule has 0 spiro atoms. The highest BCUT2D eigenvalue weighted by Gasteiger charge is 2.37. The Bertz CT molecular complexity index is 754. The second-order valence-corrected chi connectivity index (χ2v) is 6.42. The molecule has 0 saturated carbocycles. The highest BCUT2D eigenvalue weighted by molar-refractivity contribution is 5.96. The van der Waals surface area contributed by atoms with E-state index >= 15 is 0 Å².